The summed E-state index contributed by atoms with van der Waals surface area (Å²) in [6.45, 7) is 5.03. The van der Waals surface area contributed by atoms with Gasteiger partial charge in [0.25, 0.3) is 0 Å². The van der Waals surface area contributed by atoms with Gasteiger partial charge in [-0.05, 0) is 43.4 Å². The maximum atomic E-state index is 14.0. The van der Waals surface area contributed by atoms with Gasteiger partial charge in [0.05, 0.1) is 5.57 Å². The minimum atomic E-state index is -4.96. The minimum Gasteiger partial charge on any atom is -0.387 e. The summed E-state index contributed by atoms with van der Waals surface area (Å²) in [6, 6.07) is 1.83. The molecule has 0 aromatic carbocycles. The van der Waals surface area contributed by atoms with Crippen LogP contribution in [0.4, 0.5) is 13.2 Å². The molecule has 9 heteroatoms. The van der Waals surface area contributed by atoms with Crippen molar-refractivity contribution < 1.29 is 33.3 Å². The van der Waals surface area contributed by atoms with Gasteiger partial charge in [-0.3, -0.25) is 4.79 Å². The number of ketones is 1. The lowest BCUT2D eigenvalue weighted by Crippen LogP contribution is -2.22. The first-order chi connectivity index (χ1) is 15.4. The van der Waals surface area contributed by atoms with Crippen molar-refractivity contribution in [2.75, 3.05) is 6.54 Å². The number of aliphatic hydroxyl groups excluding tert-OH is 2. The normalized spacial score (nSPS) is 31.2. The Kier molecular flexibility index (Phi) is 7.03. The van der Waals surface area contributed by atoms with Crippen molar-refractivity contribution in [3.8, 4) is 6.07 Å². The number of rotatable bonds is 8. The zero-order valence-corrected chi connectivity index (χ0v) is 18.4. The van der Waals surface area contributed by atoms with Gasteiger partial charge in [-0.1, -0.05) is 31.2 Å². The second kappa shape index (κ2) is 9.29. The zero-order chi connectivity index (χ0) is 24.6. The average molecular weight is 464 g/mol. The maximum Gasteiger partial charge on any atom is 0.418 e. The summed E-state index contributed by atoms with van der Waals surface area (Å²) >= 11 is 0. The predicted molar refractivity (Wildman–Crippen MR) is 114 cm³/mol. The van der Waals surface area contributed by atoms with Crippen molar-refractivity contribution in [2.45, 2.75) is 69.6 Å². The molecule has 3 unspecified atom stereocenters. The molecule has 6 nitrogen and oxygen atoms in total. The third-order valence-electron chi connectivity index (χ3n) is 6.25. The lowest BCUT2D eigenvalue weighted by atomic mass is 9.90. The first-order valence-electron chi connectivity index (χ1n) is 10.8. The molecule has 1 aliphatic heterocycles. The molecule has 3 rings (SSSR count). The van der Waals surface area contributed by atoms with E-state index in [9.17, 15) is 38.5 Å². The molecule has 0 aromatic rings. The van der Waals surface area contributed by atoms with E-state index in [0.29, 0.717) is 18.0 Å². The van der Waals surface area contributed by atoms with Crippen LogP contribution in [-0.2, 0) is 4.79 Å². The molecular weight excluding hydrogens is 437 g/mol. The first-order valence-corrected chi connectivity index (χ1v) is 10.8. The largest absolute Gasteiger partial charge is 0.418 e. The number of nitriles is 1. The van der Waals surface area contributed by atoms with Crippen molar-refractivity contribution in [3.05, 3.63) is 58.4 Å². The van der Waals surface area contributed by atoms with E-state index in [1.807, 2.05) is 13.0 Å². The highest BCUT2D eigenvalue weighted by atomic mass is 19.4. The van der Waals surface area contributed by atoms with E-state index in [1.165, 1.54) is 18.2 Å². The molecule has 1 heterocycles. The van der Waals surface area contributed by atoms with Gasteiger partial charge < -0.3 is 20.2 Å². The first kappa shape index (κ1) is 25.0. The number of halogens is 3. The Bertz CT molecular complexity index is 1010. The molecule has 2 aliphatic carbocycles. The molecule has 0 bridgehead atoms. The van der Waals surface area contributed by atoms with Crippen molar-refractivity contribution >= 4 is 5.78 Å². The quantitative estimate of drug-likeness (QED) is 0.290. The van der Waals surface area contributed by atoms with Gasteiger partial charge in [-0.2, -0.15) is 18.4 Å². The number of hydrogen-bond donors (Lipinski definition) is 3. The molecule has 3 N–H and O–H groups in total. The van der Waals surface area contributed by atoms with Crippen molar-refractivity contribution in [1.82, 2.24) is 4.90 Å². The summed E-state index contributed by atoms with van der Waals surface area (Å²) in [5.74, 6) is -1.11. The number of nitrogens with zero attached hydrogens (tertiary/aromatic N) is 2. The van der Waals surface area contributed by atoms with Crippen LogP contribution >= 0.6 is 0 Å². The smallest absolute Gasteiger partial charge is 0.387 e. The summed E-state index contributed by atoms with van der Waals surface area (Å²) in [6.07, 6.45) is -0.0217. The highest BCUT2D eigenvalue weighted by Gasteiger charge is 2.63. The van der Waals surface area contributed by atoms with E-state index < -0.39 is 53.8 Å². The van der Waals surface area contributed by atoms with Gasteiger partial charge in [0.2, 0.25) is 0 Å². The molecule has 0 radical (unpaired) electrons. The van der Waals surface area contributed by atoms with Crippen LogP contribution in [0, 0.1) is 11.3 Å². The fourth-order valence-electron chi connectivity index (χ4n) is 3.99. The number of Topliss-reactive ketones (excluding diaryl/α,β-unsaturated/α-hetero) is 1. The van der Waals surface area contributed by atoms with E-state index in [0.717, 1.165) is 18.7 Å². The lowest BCUT2D eigenvalue weighted by Gasteiger charge is -2.18. The van der Waals surface area contributed by atoms with E-state index in [2.05, 4.69) is 11.8 Å². The van der Waals surface area contributed by atoms with Gasteiger partial charge >= 0.3 is 6.18 Å². The monoisotopic (exact) mass is 464 g/mol. The standard InChI is InChI=1S/C24H27F3N2O4/c1-3-17(29-13-14(29)2)8-7-15-5-4-6-16(11-15)20(24(25,26)27)18(12-28)19(30)9-10-23(33)21(31)22(23)32/h4,6-8,11,14,21-22,31-33H,3,5,9-10,13H2,1-2H3/b15-7+,17-8+,20-18-. The van der Waals surface area contributed by atoms with Crippen LogP contribution in [0.5, 0.6) is 0 Å². The van der Waals surface area contributed by atoms with Crippen LogP contribution < -0.4 is 0 Å². The number of carbonyl (C=O) groups excluding carboxylic acids is 1. The highest BCUT2D eigenvalue weighted by molar-refractivity contribution is 6.01. The molecule has 178 valence electrons. The van der Waals surface area contributed by atoms with Gasteiger partial charge in [0.1, 0.15) is 29.5 Å². The average Bonchev–Trinajstić information content (AvgIpc) is 3.61. The van der Waals surface area contributed by atoms with Gasteiger partial charge in [-0.15, -0.1) is 0 Å². The van der Waals surface area contributed by atoms with E-state index in [1.54, 1.807) is 12.2 Å². The van der Waals surface area contributed by atoms with Crippen LogP contribution in [0.25, 0.3) is 0 Å². The van der Waals surface area contributed by atoms with Crippen molar-refractivity contribution in [2.24, 2.45) is 0 Å². The van der Waals surface area contributed by atoms with E-state index in [-0.39, 0.29) is 5.57 Å². The number of aliphatic hydroxyl groups is 3. The lowest BCUT2D eigenvalue weighted by molar-refractivity contribution is -0.117. The fourth-order valence-corrected chi connectivity index (χ4v) is 3.99. The topological polar surface area (TPSA) is 105 Å². The number of carbonyl (C=O) groups is 1. The van der Waals surface area contributed by atoms with Gasteiger partial charge in [0, 0.05) is 24.7 Å². The molecule has 33 heavy (non-hydrogen) atoms. The number of hydrogen-bond acceptors (Lipinski definition) is 6. The van der Waals surface area contributed by atoms with Gasteiger partial charge in [-0.25, -0.2) is 0 Å². The van der Waals surface area contributed by atoms with Gasteiger partial charge in [0.15, 0.2) is 5.78 Å². The molecule has 3 atom stereocenters. The summed E-state index contributed by atoms with van der Waals surface area (Å²) in [4.78, 5) is 14.7. The Morgan fingerprint density at radius 1 is 1.36 bits per heavy atom. The van der Waals surface area contributed by atoms with Crippen LogP contribution in [-0.4, -0.2) is 62.6 Å². The molecule has 2 fully saturated rings. The maximum absolute atomic E-state index is 14.0. The highest BCUT2D eigenvalue weighted by Crippen LogP contribution is 2.42. The Hall–Kier alpha value is -2.67. The van der Waals surface area contributed by atoms with Crippen LogP contribution in [0.2, 0.25) is 0 Å². The molecule has 0 amide bonds. The second-order valence-corrected chi connectivity index (χ2v) is 8.62. The van der Waals surface area contributed by atoms with Crippen molar-refractivity contribution in [3.63, 3.8) is 0 Å². The molecule has 0 spiro atoms. The molecule has 3 aliphatic rings. The van der Waals surface area contributed by atoms with E-state index in [4.69, 9.17) is 0 Å². The number of alkyl halides is 3. The Morgan fingerprint density at radius 3 is 2.48 bits per heavy atom. The van der Waals surface area contributed by atoms with E-state index >= 15 is 0 Å². The Morgan fingerprint density at radius 2 is 2.00 bits per heavy atom. The zero-order valence-electron chi connectivity index (χ0n) is 18.4. The van der Waals surface area contributed by atoms with Crippen LogP contribution in [0.1, 0.15) is 39.5 Å². The molecule has 1 saturated heterocycles. The Balaban J connectivity index is 1.90. The van der Waals surface area contributed by atoms with Crippen LogP contribution in [0.3, 0.4) is 0 Å². The Labute approximate surface area is 190 Å². The predicted octanol–water partition coefficient (Wildman–Crippen LogP) is 3.00. The fraction of sp³-hybridized carbons (Fsp3) is 0.500. The molecular formula is C24H27F3N2O4. The molecule has 0 aromatic heterocycles. The summed E-state index contributed by atoms with van der Waals surface area (Å²) in [5.41, 5.74) is -2.93. The third kappa shape index (κ3) is 5.29. The third-order valence-corrected chi connectivity index (χ3v) is 6.25. The van der Waals surface area contributed by atoms with Crippen LogP contribution in [0.15, 0.2) is 58.4 Å². The second-order valence-electron chi connectivity index (χ2n) is 8.62. The minimum absolute atomic E-state index is 0.290. The molecule has 1 saturated carbocycles. The SMILES string of the molecule is CC/C(=C\C=C1C=C(/C(=C(\C#N)C(=O)CCC2(O)C(O)C2O)C(F)(F)F)C=CC\1)N1CC1C. The summed E-state index contributed by atoms with van der Waals surface area (Å²) < 4.78 is 41.9. The summed E-state index contributed by atoms with van der Waals surface area (Å²) in [7, 11) is 0. The van der Waals surface area contributed by atoms with Crippen molar-refractivity contribution in [1.29, 1.82) is 5.26 Å². The summed E-state index contributed by atoms with van der Waals surface area (Å²) in [5, 5.41) is 38.1. The number of allylic oxidation sites excluding steroid dienone is 10.